The van der Waals surface area contributed by atoms with Crippen molar-refractivity contribution in [3.63, 3.8) is 0 Å². The lowest BCUT2D eigenvalue weighted by Gasteiger charge is -2.32. The van der Waals surface area contributed by atoms with Crippen LogP contribution in [0.25, 0.3) is 0 Å². The highest BCUT2D eigenvalue weighted by atomic mass is 32.2. The van der Waals surface area contributed by atoms with E-state index < -0.39 is 10.0 Å². The molecule has 0 aromatic heterocycles. The molecular formula is C16H29N3O3S. The summed E-state index contributed by atoms with van der Waals surface area (Å²) in [4.78, 5) is 2.20. The fourth-order valence-corrected chi connectivity index (χ4v) is 3.85. The Hall–Kier alpha value is -1.15. The molecule has 3 atom stereocenters. The minimum Gasteiger partial charge on any atom is -0.399 e. The highest BCUT2D eigenvalue weighted by Gasteiger charge is 2.23. The Morgan fingerprint density at radius 3 is 2.30 bits per heavy atom. The van der Waals surface area contributed by atoms with Gasteiger partial charge in [-0.1, -0.05) is 20.3 Å². The van der Waals surface area contributed by atoms with E-state index in [1.807, 2.05) is 18.9 Å². The maximum Gasteiger partial charge on any atom is 0.240 e. The number of hydrogen-bond acceptors (Lipinski definition) is 5. The summed E-state index contributed by atoms with van der Waals surface area (Å²) in [5.41, 5.74) is 6.11. The largest absolute Gasteiger partial charge is 0.399 e. The topological polar surface area (TPSA) is 95.7 Å². The maximum atomic E-state index is 12.3. The van der Waals surface area contributed by atoms with E-state index in [4.69, 9.17) is 5.73 Å². The number of hydrogen-bond donors (Lipinski definition) is 3. The molecule has 1 aromatic rings. The molecule has 0 unspecified atom stereocenters. The molecule has 0 fully saturated rings. The quantitative estimate of drug-likeness (QED) is 0.587. The number of nitrogen functional groups attached to an aromatic ring is 1. The van der Waals surface area contributed by atoms with Crippen molar-refractivity contribution in [1.29, 1.82) is 0 Å². The van der Waals surface area contributed by atoms with Crippen molar-refractivity contribution in [2.24, 2.45) is 5.92 Å². The molecule has 0 aliphatic heterocycles. The molecule has 23 heavy (non-hydrogen) atoms. The first-order valence-electron chi connectivity index (χ1n) is 7.90. The van der Waals surface area contributed by atoms with Crippen molar-refractivity contribution in [2.75, 3.05) is 25.9 Å². The molecule has 1 rings (SSSR count). The predicted molar refractivity (Wildman–Crippen MR) is 93.6 cm³/mol. The van der Waals surface area contributed by atoms with Gasteiger partial charge >= 0.3 is 0 Å². The molecule has 6 nitrogen and oxygen atoms in total. The molecule has 0 amide bonds. The van der Waals surface area contributed by atoms with Crippen molar-refractivity contribution in [1.82, 2.24) is 9.62 Å². The fourth-order valence-electron chi connectivity index (χ4n) is 2.61. The highest BCUT2D eigenvalue weighted by Crippen LogP contribution is 2.15. The molecule has 0 aliphatic rings. The molecule has 132 valence electrons. The number of aliphatic hydroxyl groups is 1. The molecule has 0 saturated carbocycles. The Balaban J connectivity index is 2.71. The molecule has 0 radical (unpaired) electrons. The predicted octanol–water partition coefficient (Wildman–Crippen LogP) is 1.27. The van der Waals surface area contributed by atoms with Crippen molar-refractivity contribution in [3.8, 4) is 0 Å². The molecule has 0 saturated heterocycles. The van der Waals surface area contributed by atoms with E-state index in [1.54, 1.807) is 12.1 Å². The molecular weight excluding hydrogens is 314 g/mol. The van der Waals surface area contributed by atoms with E-state index in [1.165, 1.54) is 12.1 Å². The molecule has 0 bridgehead atoms. The van der Waals surface area contributed by atoms with Crippen LogP contribution in [0.5, 0.6) is 0 Å². The average molecular weight is 343 g/mol. The Bertz CT molecular complexity index is 575. The maximum absolute atomic E-state index is 12.3. The number of sulfonamides is 1. The molecule has 0 heterocycles. The van der Waals surface area contributed by atoms with Crippen LogP contribution in [0.1, 0.15) is 27.2 Å². The second-order valence-corrected chi connectivity index (χ2v) is 7.88. The zero-order chi connectivity index (χ0) is 17.6. The first kappa shape index (κ1) is 19.9. The van der Waals surface area contributed by atoms with Crippen LogP contribution in [0.3, 0.4) is 0 Å². The summed E-state index contributed by atoms with van der Waals surface area (Å²) in [6, 6.07) is 5.85. The van der Waals surface area contributed by atoms with Crippen LogP contribution in [0.15, 0.2) is 29.2 Å². The second kappa shape index (κ2) is 8.63. The zero-order valence-corrected chi connectivity index (χ0v) is 15.2. The van der Waals surface area contributed by atoms with Crippen LogP contribution in [-0.4, -0.2) is 50.7 Å². The van der Waals surface area contributed by atoms with Crippen LogP contribution in [-0.2, 0) is 10.0 Å². The lowest BCUT2D eigenvalue weighted by atomic mass is 9.98. The summed E-state index contributed by atoms with van der Waals surface area (Å²) < 4.78 is 27.4. The van der Waals surface area contributed by atoms with E-state index in [9.17, 15) is 13.5 Å². The van der Waals surface area contributed by atoms with Gasteiger partial charge in [0, 0.05) is 24.3 Å². The van der Waals surface area contributed by atoms with Gasteiger partial charge in [0.1, 0.15) is 0 Å². The minimum atomic E-state index is -3.57. The summed E-state index contributed by atoms with van der Waals surface area (Å²) in [6.07, 6.45) is 0.959. The number of benzene rings is 1. The third kappa shape index (κ3) is 5.76. The fraction of sp³-hybridized carbons (Fsp3) is 0.625. The Kier molecular flexibility index (Phi) is 7.47. The summed E-state index contributed by atoms with van der Waals surface area (Å²) in [5.74, 6) is 0.339. The second-order valence-electron chi connectivity index (χ2n) is 6.17. The number of nitrogens with one attached hydrogen (secondary N) is 1. The van der Waals surface area contributed by atoms with E-state index in [-0.39, 0.29) is 23.6 Å². The molecule has 4 N–H and O–H groups in total. The van der Waals surface area contributed by atoms with Gasteiger partial charge in [0.25, 0.3) is 0 Å². The number of rotatable bonds is 9. The number of likely N-dealkylation sites (N-methyl/N-ethyl adjacent to an activating group) is 1. The van der Waals surface area contributed by atoms with Crippen LogP contribution in [0, 0.1) is 5.92 Å². The summed E-state index contributed by atoms with van der Waals surface area (Å²) in [5, 5.41) is 9.56. The normalized spacial score (nSPS) is 16.3. The molecule has 7 heteroatoms. The Morgan fingerprint density at radius 2 is 1.83 bits per heavy atom. The van der Waals surface area contributed by atoms with E-state index >= 15 is 0 Å². The van der Waals surface area contributed by atoms with Gasteiger partial charge in [0.15, 0.2) is 0 Å². The number of aliphatic hydroxyl groups excluding tert-OH is 1. The van der Waals surface area contributed by atoms with E-state index in [0.29, 0.717) is 18.2 Å². The van der Waals surface area contributed by atoms with Crippen molar-refractivity contribution >= 4 is 15.7 Å². The van der Waals surface area contributed by atoms with Crippen molar-refractivity contribution < 1.29 is 13.5 Å². The third-order valence-electron chi connectivity index (χ3n) is 4.16. The standard InChI is InChI=1S/C16H29N3O3S/c1-5-12(2)16(11-20)19(4)10-13(3)18-23(21,22)15-8-6-14(17)7-9-15/h6-9,12-13,16,18,20H,5,10-11,17H2,1-4H3/t12-,13-,16+/m0/s1. The van der Waals surface area contributed by atoms with Crippen LogP contribution in [0.4, 0.5) is 5.69 Å². The molecule has 0 spiro atoms. The third-order valence-corrected chi connectivity index (χ3v) is 5.77. The molecule has 1 aromatic carbocycles. The van der Waals surface area contributed by atoms with E-state index in [0.717, 1.165) is 6.42 Å². The Labute approximate surface area is 139 Å². The van der Waals surface area contributed by atoms with Gasteiger partial charge < -0.3 is 10.8 Å². The number of nitrogens with two attached hydrogens (primary N) is 1. The first-order valence-corrected chi connectivity index (χ1v) is 9.38. The van der Waals surface area contributed by atoms with Crippen molar-refractivity contribution in [2.45, 2.75) is 44.2 Å². The monoisotopic (exact) mass is 343 g/mol. The summed E-state index contributed by atoms with van der Waals surface area (Å²) in [7, 11) is -1.67. The number of anilines is 1. The minimum absolute atomic E-state index is 0.0171. The summed E-state index contributed by atoms with van der Waals surface area (Å²) >= 11 is 0. The molecule has 0 aliphatic carbocycles. The van der Waals surface area contributed by atoms with E-state index in [2.05, 4.69) is 18.6 Å². The van der Waals surface area contributed by atoms with Crippen LogP contribution in [0.2, 0.25) is 0 Å². The number of nitrogens with zero attached hydrogens (tertiary/aromatic N) is 1. The van der Waals surface area contributed by atoms with Crippen LogP contribution >= 0.6 is 0 Å². The highest BCUT2D eigenvalue weighted by molar-refractivity contribution is 7.89. The summed E-state index contributed by atoms with van der Waals surface area (Å²) in [6.45, 7) is 6.55. The lowest BCUT2D eigenvalue weighted by molar-refractivity contribution is 0.100. The Morgan fingerprint density at radius 1 is 1.26 bits per heavy atom. The smallest absolute Gasteiger partial charge is 0.240 e. The first-order chi connectivity index (χ1) is 10.7. The SMILES string of the molecule is CC[C@H](C)[C@@H](CO)N(C)C[C@H](C)NS(=O)(=O)c1ccc(N)cc1. The average Bonchev–Trinajstić information content (AvgIpc) is 2.47. The van der Waals surface area contributed by atoms with Gasteiger partial charge in [-0.25, -0.2) is 13.1 Å². The van der Waals surface area contributed by atoms with Gasteiger partial charge in [-0.15, -0.1) is 0 Å². The van der Waals surface area contributed by atoms with Crippen molar-refractivity contribution in [3.05, 3.63) is 24.3 Å². The van der Waals surface area contributed by atoms with Crippen LogP contribution < -0.4 is 10.5 Å². The van der Waals surface area contributed by atoms with Gasteiger partial charge in [0.05, 0.1) is 11.5 Å². The zero-order valence-electron chi connectivity index (χ0n) is 14.4. The van der Waals surface area contributed by atoms with Gasteiger partial charge in [-0.2, -0.15) is 0 Å². The lowest BCUT2D eigenvalue weighted by Crippen LogP contribution is -2.47. The van der Waals surface area contributed by atoms with Gasteiger partial charge in [0.2, 0.25) is 10.0 Å². The van der Waals surface area contributed by atoms with Gasteiger partial charge in [-0.3, -0.25) is 4.90 Å². The van der Waals surface area contributed by atoms with Gasteiger partial charge in [-0.05, 0) is 44.2 Å².